The first kappa shape index (κ1) is 18.6. The van der Waals surface area contributed by atoms with Crippen LogP contribution in [0.1, 0.15) is 34.5 Å². The third kappa shape index (κ3) is 3.38. The number of primary amides is 1. The van der Waals surface area contributed by atoms with Gasteiger partial charge in [-0.25, -0.2) is 14.4 Å². The van der Waals surface area contributed by atoms with Crippen LogP contribution in [0.25, 0.3) is 10.2 Å². The Kier molecular flexibility index (Phi) is 4.86. The summed E-state index contributed by atoms with van der Waals surface area (Å²) in [6.07, 6.45) is 3.96. The number of rotatable bonds is 5. The molecule has 1 amide bonds. The van der Waals surface area contributed by atoms with Gasteiger partial charge >= 0.3 is 0 Å². The van der Waals surface area contributed by atoms with Crippen molar-refractivity contribution in [3.63, 3.8) is 0 Å². The highest BCUT2D eigenvalue weighted by Crippen LogP contribution is 2.37. The third-order valence-electron chi connectivity index (χ3n) is 4.93. The number of ether oxygens (including phenoxy) is 1. The molecule has 2 atom stereocenters. The summed E-state index contributed by atoms with van der Waals surface area (Å²) >= 11 is 1.22. The molecule has 9 heteroatoms. The zero-order valence-corrected chi connectivity index (χ0v) is 16.1. The molecule has 2 heterocycles. The molecule has 2 aromatic heterocycles. The van der Waals surface area contributed by atoms with Crippen molar-refractivity contribution in [2.45, 2.75) is 38.3 Å². The number of anilines is 2. The molecule has 2 unspecified atom stereocenters. The van der Waals surface area contributed by atoms with Gasteiger partial charge in [-0.3, -0.25) is 4.79 Å². The second-order valence-corrected chi connectivity index (χ2v) is 7.84. The lowest BCUT2D eigenvalue weighted by atomic mass is 10.2. The minimum Gasteiger partial charge on any atom is -0.487 e. The molecule has 1 saturated carbocycles. The van der Waals surface area contributed by atoms with Gasteiger partial charge in [-0.05, 0) is 43.9 Å². The number of benzene rings is 1. The van der Waals surface area contributed by atoms with Crippen LogP contribution in [-0.4, -0.2) is 28.0 Å². The summed E-state index contributed by atoms with van der Waals surface area (Å²) in [5.74, 6) is -0.0364. The number of halogens is 1. The number of carbonyl (C=O) groups excluding carboxylic acids is 1. The Morgan fingerprint density at radius 2 is 2.18 bits per heavy atom. The predicted octanol–water partition coefficient (Wildman–Crippen LogP) is 3.24. The molecular formula is C19H20FN5O2S. The first-order valence-electron chi connectivity index (χ1n) is 8.96. The van der Waals surface area contributed by atoms with Gasteiger partial charge in [0.05, 0.1) is 16.0 Å². The van der Waals surface area contributed by atoms with E-state index in [4.69, 9.17) is 16.2 Å². The number of thiophene rings is 1. The van der Waals surface area contributed by atoms with Crippen molar-refractivity contribution in [1.29, 1.82) is 0 Å². The molecule has 3 aromatic rings. The smallest absolute Gasteiger partial charge is 0.259 e. The number of nitrogens with zero attached hydrogens (tertiary/aromatic N) is 2. The summed E-state index contributed by atoms with van der Waals surface area (Å²) in [5, 5.41) is 3.90. The summed E-state index contributed by atoms with van der Waals surface area (Å²) in [6, 6.07) is 4.20. The minimum absolute atomic E-state index is 0.0703. The molecule has 0 radical (unpaired) electrons. The molecular weight excluding hydrogens is 381 g/mol. The van der Waals surface area contributed by atoms with E-state index in [0.29, 0.717) is 37.9 Å². The number of nitrogens with one attached hydrogen (secondary N) is 1. The van der Waals surface area contributed by atoms with E-state index in [9.17, 15) is 9.18 Å². The number of hydrogen-bond donors (Lipinski definition) is 3. The van der Waals surface area contributed by atoms with Gasteiger partial charge in [0.25, 0.3) is 5.91 Å². The quantitative estimate of drug-likeness (QED) is 0.604. The van der Waals surface area contributed by atoms with Crippen molar-refractivity contribution in [2.75, 3.05) is 5.32 Å². The maximum Gasteiger partial charge on any atom is 0.259 e. The fourth-order valence-corrected chi connectivity index (χ4v) is 4.49. The average Bonchev–Trinajstić information content (AvgIpc) is 3.21. The van der Waals surface area contributed by atoms with Crippen molar-refractivity contribution < 1.29 is 13.9 Å². The average molecular weight is 401 g/mol. The Balaban J connectivity index is 1.72. The molecule has 0 saturated heterocycles. The molecule has 1 fully saturated rings. The van der Waals surface area contributed by atoms with Crippen molar-refractivity contribution in [3.8, 4) is 5.75 Å². The number of fused-ring (bicyclic) bond motifs is 1. The first-order chi connectivity index (χ1) is 13.4. The number of hydrogen-bond acceptors (Lipinski definition) is 7. The summed E-state index contributed by atoms with van der Waals surface area (Å²) in [6.45, 7) is 1.80. The van der Waals surface area contributed by atoms with E-state index in [1.165, 1.54) is 29.8 Å². The lowest BCUT2D eigenvalue weighted by Gasteiger charge is -2.20. The van der Waals surface area contributed by atoms with Gasteiger partial charge in [0.2, 0.25) is 0 Å². The summed E-state index contributed by atoms with van der Waals surface area (Å²) < 4.78 is 19.9. The monoisotopic (exact) mass is 401 g/mol. The van der Waals surface area contributed by atoms with E-state index in [1.54, 1.807) is 13.0 Å². The van der Waals surface area contributed by atoms with Crippen molar-refractivity contribution in [2.24, 2.45) is 11.5 Å². The van der Waals surface area contributed by atoms with E-state index < -0.39 is 11.7 Å². The standard InChI is InChI=1S/C19H20FN5O2S/c1-9-15-18(23-8-24-19(15)28-16(9)17(22)26)25-12-6-5-10(20)7-14(12)27-13-4-2-3-11(13)21/h5-8,11,13H,2-4,21H2,1H3,(H2,22,26)(H,23,24,25). The van der Waals surface area contributed by atoms with E-state index in [1.807, 2.05) is 0 Å². The van der Waals surface area contributed by atoms with Gasteiger partial charge in [0.15, 0.2) is 0 Å². The SMILES string of the molecule is Cc1c(C(N)=O)sc2ncnc(Nc3ccc(F)cc3OC3CCCC3N)c12. The van der Waals surface area contributed by atoms with E-state index >= 15 is 0 Å². The van der Waals surface area contributed by atoms with Crippen LogP contribution < -0.4 is 21.5 Å². The first-order valence-corrected chi connectivity index (χ1v) is 9.78. The number of amides is 1. The molecule has 1 aliphatic carbocycles. The number of nitrogens with two attached hydrogens (primary N) is 2. The van der Waals surface area contributed by atoms with Gasteiger partial charge in [-0.1, -0.05) is 0 Å². The second-order valence-electron chi connectivity index (χ2n) is 6.84. The van der Waals surface area contributed by atoms with Crippen LogP contribution in [0.5, 0.6) is 5.75 Å². The van der Waals surface area contributed by atoms with E-state index in [2.05, 4.69) is 15.3 Å². The fraction of sp³-hybridized carbons (Fsp3) is 0.316. The van der Waals surface area contributed by atoms with Crippen molar-refractivity contribution in [3.05, 3.63) is 40.8 Å². The molecule has 28 heavy (non-hydrogen) atoms. The highest BCUT2D eigenvalue weighted by Gasteiger charge is 2.27. The largest absolute Gasteiger partial charge is 0.487 e. The normalized spacial score (nSPS) is 19.1. The Labute approximate surface area is 164 Å². The Bertz CT molecular complexity index is 1050. The lowest BCUT2D eigenvalue weighted by molar-refractivity contribution is 0.100. The van der Waals surface area contributed by atoms with E-state index in [0.717, 1.165) is 19.3 Å². The van der Waals surface area contributed by atoms with Crippen LogP contribution in [0.4, 0.5) is 15.9 Å². The van der Waals surface area contributed by atoms with Gasteiger partial charge < -0.3 is 21.5 Å². The predicted molar refractivity (Wildman–Crippen MR) is 107 cm³/mol. The molecule has 1 aromatic carbocycles. The second kappa shape index (κ2) is 7.33. The molecule has 5 N–H and O–H groups in total. The van der Waals surface area contributed by atoms with Crippen LogP contribution in [0.3, 0.4) is 0 Å². The third-order valence-corrected chi connectivity index (χ3v) is 6.14. The Hall–Kier alpha value is -2.78. The molecule has 146 valence electrons. The Morgan fingerprint density at radius 3 is 2.89 bits per heavy atom. The molecule has 0 bridgehead atoms. The van der Waals surface area contributed by atoms with Crippen LogP contribution in [0.15, 0.2) is 24.5 Å². The van der Waals surface area contributed by atoms with Crippen molar-refractivity contribution in [1.82, 2.24) is 9.97 Å². The number of aryl methyl sites for hydroxylation is 1. The topological polar surface area (TPSA) is 116 Å². The molecule has 0 aliphatic heterocycles. The highest BCUT2D eigenvalue weighted by atomic mass is 32.1. The molecule has 7 nitrogen and oxygen atoms in total. The van der Waals surface area contributed by atoms with Crippen molar-refractivity contribution >= 4 is 39.0 Å². The minimum atomic E-state index is -0.507. The van der Waals surface area contributed by atoms with Gasteiger partial charge in [-0.2, -0.15) is 0 Å². The lowest BCUT2D eigenvalue weighted by Crippen LogP contribution is -2.33. The van der Waals surface area contributed by atoms with Gasteiger partial charge in [0, 0.05) is 12.1 Å². The zero-order valence-electron chi connectivity index (χ0n) is 15.2. The van der Waals surface area contributed by atoms with Crippen LogP contribution in [0, 0.1) is 12.7 Å². The summed E-state index contributed by atoms with van der Waals surface area (Å²) in [4.78, 5) is 21.3. The van der Waals surface area contributed by atoms with Crippen LogP contribution in [-0.2, 0) is 0 Å². The van der Waals surface area contributed by atoms with E-state index in [-0.39, 0.29) is 12.1 Å². The highest BCUT2D eigenvalue weighted by molar-refractivity contribution is 7.20. The van der Waals surface area contributed by atoms with Crippen LogP contribution in [0.2, 0.25) is 0 Å². The maximum atomic E-state index is 13.9. The van der Waals surface area contributed by atoms with Gasteiger partial charge in [-0.15, -0.1) is 11.3 Å². The summed E-state index contributed by atoms with van der Waals surface area (Å²) in [5.41, 5.74) is 12.8. The maximum absolute atomic E-state index is 13.9. The molecule has 0 spiro atoms. The fourth-order valence-electron chi connectivity index (χ4n) is 3.49. The zero-order chi connectivity index (χ0) is 19.8. The van der Waals surface area contributed by atoms with Gasteiger partial charge in [0.1, 0.15) is 34.6 Å². The Morgan fingerprint density at radius 1 is 1.36 bits per heavy atom. The number of aromatic nitrogens is 2. The molecule has 1 aliphatic rings. The number of carbonyl (C=O) groups is 1. The summed E-state index contributed by atoms with van der Waals surface area (Å²) in [7, 11) is 0. The molecule has 4 rings (SSSR count). The van der Waals surface area contributed by atoms with Crippen LogP contribution >= 0.6 is 11.3 Å².